The summed E-state index contributed by atoms with van der Waals surface area (Å²) in [6, 6.07) is 15.0. The number of nitrogens with two attached hydrogens (primary N) is 1. The highest BCUT2D eigenvalue weighted by Crippen LogP contribution is 2.22. The van der Waals surface area contributed by atoms with E-state index in [9.17, 15) is 0 Å². The van der Waals surface area contributed by atoms with Crippen molar-refractivity contribution < 1.29 is 0 Å². The van der Waals surface area contributed by atoms with Gasteiger partial charge < -0.3 is 5.73 Å². The van der Waals surface area contributed by atoms with E-state index in [1.54, 1.807) is 0 Å². The molecule has 1 atom stereocenters. The second kappa shape index (κ2) is 6.03. The average Bonchev–Trinajstić information content (AvgIpc) is 2.38. The van der Waals surface area contributed by atoms with Gasteiger partial charge in [-0.2, -0.15) is 0 Å². The Morgan fingerprint density at radius 3 is 2.11 bits per heavy atom. The summed E-state index contributed by atoms with van der Waals surface area (Å²) in [5, 5.41) is 0. The van der Waals surface area contributed by atoms with E-state index in [-0.39, 0.29) is 6.04 Å². The molecule has 19 heavy (non-hydrogen) atoms. The van der Waals surface area contributed by atoms with Gasteiger partial charge in [0.25, 0.3) is 0 Å². The molecule has 1 unspecified atom stereocenters. The maximum Gasteiger partial charge on any atom is 0.0298 e. The Morgan fingerprint density at radius 1 is 0.947 bits per heavy atom. The van der Waals surface area contributed by atoms with Gasteiger partial charge >= 0.3 is 0 Å². The highest BCUT2D eigenvalue weighted by atomic mass is 14.6. The minimum Gasteiger partial charge on any atom is -0.324 e. The molecule has 1 heteroatoms. The maximum atomic E-state index is 6.27. The molecule has 0 saturated heterocycles. The Morgan fingerprint density at radius 2 is 1.53 bits per heavy atom. The van der Waals surface area contributed by atoms with Crippen LogP contribution in [0.1, 0.15) is 40.3 Å². The predicted molar refractivity (Wildman–Crippen MR) is 82.3 cm³/mol. The van der Waals surface area contributed by atoms with Crippen LogP contribution in [0.4, 0.5) is 0 Å². The van der Waals surface area contributed by atoms with Crippen molar-refractivity contribution in [2.24, 2.45) is 5.73 Å². The molecule has 2 aromatic rings. The SMILES string of the molecule is Cc1cc(C)c(CCC(N)c2ccccc2)c(C)c1. The first kappa shape index (κ1) is 13.8. The molecule has 2 N–H and O–H groups in total. The molecule has 2 rings (SSSR count). The van der Waals surface area contributed by atoms with Crippen LogP contribution in [0.25, 0.3) is 0 Å². The summed E-state index contributed by atoms with van der Waals surface area (Å²) >= 11 is 0. The summed E-state index contributed by atoms with van der Waals surface area (Å²) in [5.41, 5.74) is 13.1. The molecule has 0 fully saturated rings. The lowest BCUT2D eigenvalue weighted by Crippen LogP contribution is -2.12. The van der Waals surface area contributed by atoms with E-state index in [1.165, 1.54) is 27.8 Å². The van der Waals surface area contributed by atoms with E-state index in [4.69, 9.17) is 5.73 Å². The molecule has 0 heterocycles. The third kappa shape index (κ3) is 3.45. The zero-order valence-electron chi connectivity index (χ0n) is 12.1. The number of benzene rings is 2. The largest absolute Gasteiger partial charge is 0.324 e. The van der Waals surface area contributed by atoms with E-state index in [0.29, 0.717) is 0 Å². The predicted octanol–water partition coefficient (Wildman–Crippen LogP) is 4.24. The fourth-order valence-corrected chi connectivity index (χ4v) is 2.77. The summed E-state index contributed by atoms with van der Waals surface area (Å²) in [4.78, 5) is 0. The van der Waals surface area contributed by atoms with Crippen molar-refractivity contribution in [3.05, 3.63) is 70.3 Å². The highest BCUT2D eigenvalue weighted by molar-refractivity contribution is 5.37. The Balaban J connectivity index is 2.07. The molecule has 2 aromatic carbocycles. The molecule has 1 nitrogen and oxygen atoms in total. The molecule has 0 aliphatic carbocycles. The Kier molecular flexibility index (Phi) is 4.39. The first-order valence-corrected chi connectivity index (χ1v) is 6.95. The van der Waals surface area contributed by atoms with Gasteiger partial charge in [-0.05, 0) is 55.9 Å². The summed E-state index contributed by atoms with van der Waals surface area (Å²) in [5.74, 6) is 0. The standard InChI is InChI=1S/C18H23N/c1-13-11-14(2)17(15(3)12-13)9-10-18(19)16-7-5-4-6-8-16/h4-8,11-12,18H,9-10,19H2,1-3H3. The monoisotopic (exact) mass is 253 g/mol. The summed E-state index contributed by atoms with van der Waals surface area (Å²) in [6.45, 7) is 6.55. The highest BCUT2D eigenvalue weighted by Gasteiger charge is 2.09. The lowest BCUT2D eigenvalue weighted by molar-refractivity contribution is 0.648. The molecule has 0 spiro atoms. The van der Waals surface area contributed by atoms with Gasteiger partial charge in [-0.15, -0.1) is 0 Å². The van der Waals surface area contributed by atoms with Crippen molar-refractivity contribution in [2.75, 3.05) is 0 Å². The molecule has 0 radical (unpaired) electrons. The Labute approximate surface area is 116 Å². The number of rotatable bonds is 4. The summed E-state index contributed by atoms with van der Waals surface area (Å²) in [7, 11) is 0. The van der Waals surface area contributed by atoms with E-state index < -0.39 is 0 Å². The van der Waals surface area contributed by atoms with Crippen molar-refractivity contribution in [3.8, 4) is 0 Å². The summed E-state index contributed by atoms with van der Waals surface area (Å²) < 4.78 is 0. The van der Waals surface area contributed by atoms with Crippen LogP contribution in [0.3, 0.4) is 0 Å². The fraction of sp³-hybridized carbons (Fsp3) is 0.333. The number of hydrogen-bond donors (Lipinski definition) is 1. The lowest BCUT2D eigenvalue weighted by Gasteiger charge is -2.15. The van der Waals surface area contributed by atoms with Crippen LogP contribution < -0.4 is 5.73 Å². The topological polar surface area (TPSA) is 26.0 Å². The van der Waals surface area contributed by atoms with Gasteiger partial charge in [0.1, 0.15) is 0 Å². The molecule has 0 aliphatic heterocycles. The van der Waals surface area contributed by atoms with E-state index in [2.05, 4.69) is 57.2 Å². The van der Waals surface area contributed by atoms with E-state index in [0.717, 1.165) is 12.8 Å². The first-order valence-electron chi connectivity index (χ1n) is 6.95. The van der Waals surface area contributed by atoms with Gasteiger partial charge in [0.2, 0.25) is 0 Å². The summed E-state index contributed by atoms with van der Waals surface area (Å²) in [6.07, 6.45) is 2.04. The Hall–Kier alpha value is -1.60. The van der Waals surface area contributed by atoms with Crippen LogP contribution in [0.15, 0.2) is 42.5 Å². The second-order valence-electron chi connectivity index (χ2n) is 5.43. The number of hydrogen-bond acceptors (Lipinski definition) is 1. The Bertz CT molecular complexity index is 520. The van der Waals surface area contributed by atoms with Crippen molar-refractivity contribution in [3.63, 3.8) is 0 Å². The van der Waals surface area contributed by atoms with Gasteiger partial charge in [0, 0.05) is 6.04 Å². The minimum atomic E-state index is 0.126. The average molecular weight is 253 g/mol. The normalized spacial score (nSPS) is 12.4. The van der Waals surface area contributed by atoms with Crippen molar-refractivity contribution >= 4 is 0 Å². The molecule has 0 aliphatic rings. The number of aryl methyl sites for hydroxylation is 3. The maximum absolute atomic E-state index is 6.27. The van der Waals surface area contributed by atoms with Crippen LogP contribution in [-0.4, -0.2) is 0 Å². The van der Waals surface area contributed by atoms with Gasteiger partial charge in [-0.3, -0.25) is 0 Å². The van der Waals surface area contributed by atoms with Crippen molar-refractivity contribution in [2.45, 2.75) is 39.7 Å². The van der Waals surface area contributed by atoms with E-state index in [1.807, 2.05) is 6.07 Å². The van der Waals surface area contributed by atoms with Crippen molar-refractivity contribution in [1.29, 1.82) is 0 Å². The van der Waals surface area contributed by atoms with Crippen LogP contribution in [0.2, 0.25) is 0 Å². The quantitative estimate of drug-likeness (QED) is 0.866. The van der Waals surface area contributed by atoms with Gasteiger partial charge in [0.05, 0.1) is 0 Å². The molecule has 0 aromatic heterocycles. The molecular weight excluding hydrogens is 230 g/mol. The molecule has 100 valence electrons. The smallest absolute Gasteiger partial charge is 0.0298 e. The third-order valence-electron chi connectivity index (χ3n) is 3.77. The lowest BCUT2D eigenvalue weighted by atomic mass is 9.93. The van der Waals surface area contributed by atoms with Gasteiger partial charge in [0.15, 0.2) is 0 Å². The van der Waals surface area contributed by atoms with E-state index >= 15 is 0 Å². The van der Waals surface area contributed by atoms with Crippen LogP contribution in [0.5, 0.6) is 0 Å². The molecule has 0 amide bonds. The van der Waals surface area contributed by atoms with Crippen LogP contribution >= 0.6 is 0 Å². The molecule has 0 bridgehead atoms. The van der Waals surface area contributed by atoms with Crippen LogP contribution in [-0.2, 0) is 6.42 Å². The minimum absolute atomic E-state index is 0.126. The molecule has 0 saturated carbocycles. The second-order valence-corrected chi connectivity index (χ2v) is 5.43. The fourth-order valence-electron chi connectivity index (χ4n) is 2.77. The van der Waals surface area contributed by atoms with Crippen LogP contribution in [0, 0.1) is 20.8 Å². The first-order chi connectivity index (χ1) is 9.08. The van der Waals surface area contributed by atoms with Crippen molar-refractivity contribution in [1.82, 2.24) is 0 Å². The zero-order chi connectivity index (χ0) is 13.8. The third-order valence-corrected chi connectivity index (χ3v) is 3.77. The zero-order valence-corrected chi connectivity index (χ0v) is 12.1. The molecular formula is C18H23N. The van der Waals surface area contributed by atoms with Gasteiger partial charge in [-0.25, -0.2) is 0 Å². The van der Waals surface area contributed by atoms with Gasteiger partial charge in [-0.1, -0.05) is 48.0 Å².